The normalized spacial score (nSPS) is 11.3. The molecule has 0 aromatic carbocycles. The number of nitrogens with zero attached hydrogens (tertiary/aromatic N) is 1. The van der Waals surface area contributed by atoms with Crippen molar-refractivity contribution < 1.29 is 19.0 Å². The average Bonchev–Trinajstić information content (AvgIpc) is 2.35. The first kappa shape index (κ1) is 18.4. The van der Waals surface area contributed by atoms with Gasteiger partial charge in [-0.15, -0.1) is 0 Å². The van der Waals surface area contributed by atoms with Crippen LogP contribution in [0.4, 0.5) is 0 Å². The highest BCUT2D eigenvalue weighted by Crippen LogP contribution is 1.97. The Balaban J connectivity index is 3.91. The van der Waals surface area contributed by atoms with Crippen LogP contribution in [-0.2, 0) is 19.0 Å². The Labute approximate surface area is 117 Å². The summed E-state index contributed by atoms with van der Waals surface area (Å²) in [7, 11) is 0. The molecule has 0 atom stereocenters. The van der Waals surface area contributed by atoms with E-state index in [0.29, 0.717) is 39.4 Å². The lowest BCUT2D eigenvalue weighted by Crippen LogP contribution is -2.33. The van der Waals surface area contributed by atoms with Gasteiger partial charge in [-0.3, -0.25) is 9.69 Å². The number of esters is 1. The Kier molecular flexibility index (Phi) is 12.0. The Morgan fingerprint density at radius 2 is 1.74 bits per heavy atom. The first-order valence-corrected chi connectivity index (χ1v) is 7.17. The monoisotopic (exact) mass is 275 g/mol. The molecule has 0 aliphatic rings. The van der Waals surface area contributed by atoms with E-state index in [2.05, 4.69) is 4.90 Å². The van der Waals surface area contributed by atoms with Gasteiger partial charge in [-0.2, -0.15) is 0 Å². The summed E-state index contributed by atoms with van der Waals surface area (Å²) in [5.74, 6) is -0.145. The van der Waals surface area contributed by atoms with Crippen molar-refractivity contribution in [1.82, 2.24) is 4.90 Å². The highest BCUT2D eigenvalue weighted by molar-refractivity contribution is 5.69. The standard InChI is InChI=1S/C14H29NO4/c1-5-17-11-9-15(10-12-19-13(3)4)8-7-14(16)18-6-2/h13H,5-12H2,1-4H3. The molecule has 0 aliphatic carbocycles. The van der Waals surface area contributed by atoms with Crippen LogP contribution in [0.3, 0.4) is 0 Å². The Bertz CT molecular complexity index is 221. The van der Waals surface area contributed by atoms with Crippen LogP contribution in [0.2, 0.25) is 0 Å². The molecular formula is C14H29NO4. The van der Waals surface area contributed by atoms with Crippen molar-refractivity contribution in [3.05, 3.63) is 0 Å². The molecule has 5 heteroatoms. The minimum atomic E-state index is -0.145. The molecule has 0 aromatic rings. The van der Waals surface area contributed by atoms with E-state index < -0.39 is 0 Å². The summed E-state index contributed by atoms with van der Waals surface area (Å²) in [6.07, 6.45) is 0.653. The quantitative estimate of drug-likeness (QED) is 0.401. The lowest BCUT2D eigenvalue weighted by molar-refractivity contribution is -0.143. The van der Waals surface area contributed by atoms with E-state index in [1.54, 1.807) is 0 Å². The van der Waals surface area contributed by atoms with Crippen molar-refractivity contribution in [3.8, 4) is 0 Å². The molecule has 0 aromatic heterocycles. The van der Waals surface area contributed by atoms with Crippen molar-refractivity contribution in [1.29, 1.82) is 0 Å². The lowest BCUT2D eigenvalue weighted by Gasteiger charge is -2.22. The maximum atomic E-state index is 11.3. The van der Waals surface area contributed by atoms with Gasteiger partial charge < -0.3 is 14.2 Å². The van der Waals surface area contributed by atoms with E-state index in [0.717, 1.165) is 13.1 Å². The highest BCUT2D eigenvalue weighted by Gasteiger charge is 2.09. The van der Waals surface area contributed by atoms with Crippen LogP contribution in [0.1, 0.15) is 34.1 Å². The molecule has 0 saturated carbocycles. The summed E-state index contributed by atoms with van der Waals surface area (Å²) in [6, 6.07) is 0. The van der Waals surface area contributed by atoms with E-state index >= 15 is 0 Å². The zero-order chi connectivity index (χ0) is 14.5. The second-order valence-electron chi connectivity index (χ2n) is 4.51. The van der Waals surface area contributed by atoms with Crippen LogP contribution in [0.15, 0.2) is 0 Å². The second kappa shape index (κ2) is 12.4. The van der Waals surface area contributed by atoms with Gasteiger partial charge in [0.2, 0.25) is 0 Å². The molecule has 0 N–H and O–H groups in total. The molecule has 0 saturated heterocycles. The van der Waals surface area contributed by atoms with E-state index in [1.165, 1.54) is 0 Å². The van der Waals surface area contributed by atoms with Gasteiger partial charge in [0.05, 0.1) is 32.3 Å². The van der Waals surface area contributed by atoms with Crippen LogP contribution in [0, 0.1) is 0 Å². The lowest BCUT2D eigenvalue weighted by atomic mass is 10.3. The summed E-state index contributed by atoms with van der Waals surface area (Å²) < 4.78 is 15.8. The van der Waals surface area contributed by atoms with E-state index in [4.69, 9.17) is 14.2 Å². The van der Waals surface area contributed by atoms with Gasteiger partial charge >= 0.3 is 5.97 Å². The summed E-state index contributed by atoms with van der Waals surface area (Å²) in [5.41, 5.74) is 0. The molecule has 0 spiro atoms. The molecule has 0 bridgehead atoms. The van der Waals surface area contributed by atoms with Crippen LogP contribution in [0.25, 0.3) is 0 Å². The summed E-state index contributed by atoms with van der Waals surface area (Å²) >= 11 is 0. The molecular weight excluding hydrogens is 246 g/mol. The first-order valence-electron chi connectivity index (χ1n) is 7.17. The highest BCUT2D eigenvalue weighted by atomic mass is 16.5. The van der Waals surface area contributed by atoms with E-state index in [1.807, 2.05) is 27.7 Å². The van der Waals surface area contributed by atoms with Crippen LogP contribution in [-0.4, -0.2) is 63.0 Å². The fourth-order valence-electron chi connectivity index (χ4n) is 1.57. The minimum absolute atomic E-state index is 0.145. The molecule has 19 heavy (non-hydrogen) atoms. The van der Waals surface area contributed by atoms with Gasteiger partial charge in [-0.05, 0) is 27.7 Å². The Morgan fingerprint density at radius 1 is 1.05 bits per heavy atom. The molecule has 0 fully saturated rings. The molecule has 0 amide bonds. The molecule has 0 aliphatic heterocycles. The van der Waals surface area contributed by atoms with Gasteiger partial charge in [0.15, 0.2) is 0 Å². The van der Waals surface area contributed by atoms with Gasteiger partial charge in [0.1, 0.15) is 0 Å². The SMILES string of the molecule is CCOCCN(CCOC(C)C)CCC(=O)OCC. The predicted molar refractivity (Wildman–Crippen MR) is 75.3 cm³/mol. The van der Waals surface area contributed by atoms with E-state index in [9.17, 15) is 4.79 Å². The van der Waals surface area contributed by atoms with Crippen LogP contribution in [0.5, 0.6) is 0 Å². The maximum absolute atomic E-state index is 11.3. The number of rotatable bonds is 12. The van der Waals surface area contributed by atoms with Gasteiger partial charge in [0.25, 0.3) is 0 Å². The number of hydrogen-bond donors (Lipinski definition) is 0. The molecule has 0 heterocycles. The molecule has 0 radical (unpaired) electrons. The van der Waals surface area contributed by atoms with E-state index in [-0.39, 0.29) is 12.1 Å². The van der Waals surface area contributed by atoms with Crippen molar-refractivity contribution in [3.63, 3.8) is 0 Å². The summed E-state index contributed by atoms with van der Waals surface area (Å²) in [5, 5.41) is 0. The average molecular weight is 275 g/mol. The topological polar surface area (TPSA) is 48.0 Å². The second-order valence-corrected chi connectivity index (χ2v) is 4.51. The first-order chi connectivity index (χ1) is 9.10. The third-order valence-electron chi connectivity index (χ3n) is 2.55. The number of ether oxygens (including phenoxy) is 3. The molecule has 0 unspecified atom stereocenters. The van der Waals surface area contributed by atoms with Crippen molar-refractivity contribution in [2.75, 3.05) is 46.1 Å². The molecule has 114 valence electrons. The Morgan fingerprint density at radius 3 is 2.32 bits per heavy atom. The van der Waals surface area contributed by atoms with Gasteiger partial charge in [0, 0.05) is 26.2 Å². The van der Waals surface area contributed by atoms with Crippen molar-refractivity contribution in [2.24, 2.45) is 0 Å². The largest absolute Gasteiger partial charge is 0.466 e. The zero-order valence-corrected chi connectivity index (χ0v) is 12.8. The van der Waals surface area contributed by atoms with Crippen LogP contribution >= 0.6 is 0 Å². The third kappa shape index (κ3) is 12.1. The molecule has 5 nitrogen and oxygen atoms in total. The van der Waals surface area contributed by atoms with Crippen LogP contribution < -0.4 is 0 Å². The van der Waals surface area contributed by atoms with Gasteiger partial charge in [-0.1, -0.05) is 0 Å². The zero-order valence-electron chi connectivity index (χ0n) is 12.8. The number of carbonyl (C=O) groups excluding carboxylic acids is 1. The minimum Gasteiger partial charge on any atom is -0.466 e. The van der Waals surface area contributed by atoms with Crippen molar-refractivity contribution >= 4 is 5.97 Å². The fraction of sp³-hybridized carbons (Fsp3) is 0.929. The molecule has 0 rings (SSSR count). The smallest absolute Gasteiger partial charge is 0.307 e. The third-order valence-corrected chi connectivity index (χ3v) is 2.55. The predicted octanol–water partition coefficient (Wildman–Crippen LogP) is 1.70. The number of hydrogen-bond acceptors (Lipinski definition) is 5. The van der Waals surface area contributed by atoms with Crippen molar-refractivity contribution in [2.45, 2.75) is 40.2 Å². The number of carbonyl (C=O) groups is 1. The summed E-state index contributed by atoms with van der Waals surface area (Å²) in [4.78, 5) is 13.5. The fourth-order valence-corrected chi connectivity index (χ4v) is 1.57. The summed E-state index contributed by atoms with van der Waals surface area (Å²) in [6.45, 7) is 12.7. The maximum Gasteiger partial charge on any atom is 0.307 e. The Hall–Kier alpha value is -0.650. The van der Waals surface area contributed by atoms with Gasteiger partial charge in [-0.25, -0.2) is 0 Å².